The topological polar surface area (TPSA) is 29.3 Å². The number of hydrogen-bond acceptors (Lipinski definition) is 2. The molecule has 19 heavy (non-hydrogen) atoms. The minimum absolute atomic E-state index is 0.172. The normalized spacial score (nSPS) is 24.9. The summed E-state index contributed by atoms with van der Waals surface area (Å²) in [7, 11) is 2.11. The van der Waals surface area contributed by atoms with E-state index in [1.54, 1.807) is 6.07 Å². The third kappa shape index (κ3) is 3.10. The second-order valence-corrected chi connectivity index (χ2v) is 5.91. The van der Waals surface area contributed by atoms with E-state index in [1.807, 2.05) is 0 Å². The van der Waals surface area contributed by atoms with E-state index in [-0.39, 0.29) is 11.9 Å². The summed E-state index contributed by atoms with van der Waals surface area (Å²) in [5.74, 6) is 0.274. The molecule has 3 unspecified atom stereocenters. The average Bonchev–Trinajstić information content (AvgIpc) is 2.85. The minimum Gasteiger partial charge on any atom is -0.330 e. The van der Waals surface area contributed by atoms with Crippen LogP contribution in [0.3, 0.4) is 0 Å². The van der Waals surface area contributed by atoms with Gasteiger partial charge in [0.15, 0.2) is 0 Å². The zero-order chi connectivity index (χ0) is 14.0. The molecule has 0 spiro atoms. The number of benzene rings is 1. The average molecular weight is 285 g/mol. The Morgan fingerprint density at radius 2 is 2.21 bits per heavy atom. The smallest absolute Gasteiger partial charge is 0.124 e. The molecule has 4 heteroatoms. The van der Waals surface area contributed by atoms with Crippen molar-refractivity contribution in [3.05, 3.63) is 34.6 Å². The maximum Gasteiger partial charge on any atom is 0.124 e. The van der Waals surface area contributed by atoms with Crippen LogP contribution in [-0.4, -0.2) is 24.5 Å². The molecule has 106 valence electrons. The standard InChI is InChI=1S/C15H22ClFN2/c1-10(13-7-6-12(17)8-14(13)16)19(2)15-5-3-4-11(15)9-18/h6-8,10-11,15H,3-5,9,18H2,1-2H3. The van der Waals surface area contributed by atoms with Gasteiger partial charge in [0.2, 0.25) is 0 Å². The van der Waals surface area contributed by atoms with E-state index in [0.717, 1.165) is 12.1 Å². The predicted molar refractivity (Wildman–Crippen MR) is 77.8 cm³/mol. The Bertz CT molecular complexity index is 438. The Morgan fingerprint density at radius 3 is 2.84 bits per heavy atom. The molecule has 2 nitrogen and oxygen atoms in total. The summed E-state index contributed by atoms with van der Waals surface area (Å²) < 4.78 is 13.1. The first-order chi connectivity index (χ1) is 9.04. The summed E-state index contributed by atoms with van der Waals surface area (Å²) in [6.07, 6.45) is 3.62. The lowest BCUT2D eigenvalue weighted by Crippen LogP contribution is -2.39. The molecule has 1 aliphatic rings. The van der Waals surface area contributed by atoms with Crippen LogP contribution >= 0.6 is 11.6 Å². The van der Waals surface area contributed by atoms with Crippen LogP contribution in [0.1, 0.15) is 37.8 Å². The Balaban J connectivity index is 2.16. The van der Waals surface area contributed by atoms with Crippen molar-refractivity contribution in [3.63, 3.8) is 0 Å². The first-order valence-electron chi connectivity index (χ1n) is 6.91. The molecule has 2 N–H and O–H groups in total. The fourth-order valence-corrected chi connectivity index (χ4v) is 3.50. The number of halogens is 2. The van der Waals surface area contributed by atoms with E-state index in [1.165, 1.54) is 31.4 Å². The van der Waals surface area contributed by atoms with E-state index < -0.39 is 0 Å². The van der Waals surface area contributed by atoms with Gasteiger partial charge in [-0.2, -0.15) is 0 Å². The van der Waals surface area contributed by atoms with Crippen molar-refractivity contribution in [1.29, 1.82) is 0 Å². The van der Waals surface area contributed by atoms with Crippen molar-refractivity contribution in [2.75, 3.05) is 13.6 Å². The lowest BCUT2D eigenvalue weighted by Gasteiger charge is -2.34. The van der Waals surface area contributed by atoms with Crippen LogP contribution in [0, 0.1) is 11.7 Å². The summed E-state index contributed by atoms with van der Waals surface area (Å²) in [4.78, 5) is 2.34. The van der Waals surface area contributed by atoms with Crippen LogP contribution in [-0.2, 0) is 0 Å². The molecule has 0 aromatic heterocycles. The minimum atomic E-state index is -0.288. The Labute approximate surface area is 119 Å². The van der Waals surface area contributed by atoms with Gasteiger partial charge in [0.05, 0.1) is 0 Å². The maximum absolute atomic E-state index is 13.1. The highest BCUT2D eigenvalue weighted by molar-refractivity contribution is 6.31. The van der Waals surface area contributed by atoms with Crippen LogP contribution in [0.25, 0.3) is 0 Å². The maximum atomic E-state index is 13.1. The van der Waals surface area contributed by atoms with Crippen molar-refractivity contribution in [1.82, 2.24) is 4.90 Å². The van der Waals surface area contributed by atoms with E-state index >= 15 is 0 Å². The molecular formula is C15H22ClFN2. The summed E-state index contributed by atoms with van der Waals surface area (Å²) in [5, 5.41) is 0.502. The third-order valence-electron chi connectivity index (χ3n) is 4.47. The van der Waals surface area contributed by atoms with E-state index in [0.29, 0.717) is 17.0 Å². The summed E-state index contributed by atoms with van der Waals surface area (Å²) >= 11 is 6.15. The van der Waals surface area contributed by atoms with E-state index in [2.05, 4.69) is 18.9 Å². The molecule has 1 aliphatic carbocycles. The van der Waals surface area contributed by atoms with Crippen molar-refractivity contribution >= 4 is 11.6 Å². The van der Waals surface area contributed by atoms with Crippen molar-refractivity contribution in [2.24, 2.45) is 11.7 Å². The SMILES string of the molecule is CC(c1ccc(F)cc1Cl)N(C)C1CCCC1CN. The van der Waals surface area contributed by atoms with Gasteiger partial charge in [-0.25, -0.2) is 4.39 Å². The third-order valence-corrected chi connectivity index (χ3v) is 4.80. The zero-order valence-electron chi connectivity index (χ0n) is 11.6. The fraction of sp³-hybridized carbons (Fsp3) is 0.600. The molecular weight excluding hydrogens is 263 g/mol. The molecule has 0 aliphatic heterocycles. The highest BCUT2D eigenvalue weighted by Gasteiger charge is 2.32. The zero-order valence-corrected chi connectivity index (χ0v) is 12.3. The second kappa shape index (κ2) is 6.21. The van der Waals surface area contributed by atoms with Gasteiger partial charge in [0.25, 0.3) is 0 Å². The second-order valence-electron chi connectivity index (χ2n) is 5.50. The Kier molecular flexibility index (Phi) is 4.82. The molecule has 1 saturated carbocycles. The summed E-state index contributed by atoms with van der Waals surface area (Å²) in [6.45, 7) is 2.85. The van der Waals surface area contributed by atoms with Gasteiger partial charge in [-0.05, 0) is 57.0 Å². The van der Waals surface area contributed by atoms with Gasteiger partial charge in [0, 0.05) is 17.1 Å². The number of hydrogen-bond donors (Lipinski definition) is 1. The first-order valence-corrected chi connectivity index (χ1v) is 7.29. The first kappa shape index (κ1) is 14.8. The van der Waals surface area contributed by atoms with Gasteiger partial charge in [0.1, 0.15) is 5.82 Å². The van der Waals surface area contributed by atoms with Crippen LogP contribution in [0.2, 0.25) is 5.02 Å². The van der Waals surface area contributed by atoms with Crippen LogP contribution in [0.15, 0.2) is 18.2 Å². The lowest BCUT2D eigenvalue weighted by molar-refractivity contribution is 0.152. The molecule has 0 heterocycles. The van der Waals surface area contributed by atoms with Gasteiger partial charge >= 0.3 is 0 Å². The van der Waals surface area contributed by atoms with E-state index in [4.69, 9.17) is 17.3 Å². The van der Waals surface area contributed by atoms with Crippen LogP contribution in [0.4, 0.5) is 4.39 Å². The molecule has 0 amide bonds. The van der Waals surface area contributed by atoms with Crippen molar-refractivity contribution < 1.29 is 4.39 Å². The molecule has 2 rings (SSSR count). The van der Waals surface area contributed by atoms with Gasteiger partial charge in [-0.3, -0.25) is 4.90 Å². The Morgan fingerprint density at radius 1 is 1.47 bits per heavy atom. The van der Waals surface area contributed by atoms with Gasteiger partial charge in [-0.15, -0.1) is 0 Å². The van der Waals surface area contributed by atoms with Crippen LogP contribution < -0.4 is 5.73 Å². The molecule has 3 atom stereocenters. The van der Waals surface area contributed by atoms with Crippen molar-refractivity contribution in [3.8, 4) is 0 Å². The molecule has 1 aromatic carbocycles. The molecule has 0 saturated heterocycles. The molecule has 1 fully saturated rings. The van der Waals surface area contributed by atoms with Crippen molar-refractivity contribution in [2.45, 2.75) is 38.3 Å². The highest BCUT2D eigenvalue weighted by atomic mass is 35.5. The number of nitrogens with zero attached hydrogens (tertiary/aromatic N) is 1. The molecule has 0 radical (unpaired) electrons. The predicted octanol–water partition coefficient (Wildman–Crippen LogP) is 3.60. The lowest BCUT2D eigenvalue weighted by atomic mass is 9.99. The summed E-state index contributed by atoms with van der Waals surface area (Å²) in [5.41, 5.74) is 6.83. The Hall–Kier alpha value is -0.640. The van der Waals surface area contributed by atoms with Gasteiger partial charge < -0.3 is 5.73 Å². The van der Waals surface area contributed by atoms with Gasteiger partial charge in [-0.1, -0.05) is 24.1 Å². The fourth-order valence-electron chi connectivity index (χ4n) is 3.18. The molecule has 1 aromatic rings. The highest BCUT2D eigenvalue weighted by Crippen LogP contribution is 2.35. The number of nitrogens with two attached hydrogens (primary N) is 1. The monoisotopic (exact) mass is 284 g/mol. The van der Waals surface area contributed by atoms with E-state index in [9.17, 15) is 4.39 Å². The largest absolute Gasteiger partial charge is 0.330 e. The number of rotatable bonds is 4. The quantitative estimate of drug-likeness (QED) is 0.915. The summed E-state index contributed by atoms with van der Waals surface area (Å²) in [6, 6.07) is 5.31. The molecule has 0 bridgehead atoms. The van der Waals surface area contributed by atoms with Crippen LogP contribution in [0.5, 0.6) is 0 Å².